The Balaban J connectivity index is 1.76. The van der Waals surface area contributed by atoms with Crippen LogP contribution in [0.2, 0.25) is 0 Å². The number of amides is 1. The van der Waals surface area contributed by atoms with Crippen molar-refractivity contribution in [3.05, 3.63) is 34.4 Å². The van der Waals surface area contributed by atoms with E-state index in [9.17, 15) is 24.8 Å². The lowest BCUT2D eigenvalue weighted by Gasteiger charge is -2.39. The normalized spacial score (nSPS) is 22.4. The topological polar surface area (TPSA) is 122 Å². The van der Waals surface area contributed by atoms with Gasteiger partial charge in [-0.15, -0.1) is 0 Å². The molecule has 26 heavy (non-hydrogen) atoms. The van der Waals surface area contributed by atoms with Crippen LogP contribution in [0.25, 0.3) is 0 Å². The summed E-state index contributed by atoms with van der Waals surface area (Å²) in [5.41, 5.74) is 0.0947. The van der Waals surface area contributed by atoms with Crippen molar-refractivity contribution in [2.45, 2.75) is 51.0 Å². The molecule has 0 saturated heterocycles. The average Bonchev–Trinajstić information content (AvgIpc) is 2.59. The van der Waals surface area contributed by atoms with Gasteiger partial charge in [-0.1, -0.05) is 12.8 Å². The van der Waals surface area contributed by atoms with E-state index in [4.69, 9.17) is 0 Å². The third-order valence-electron chi connectivity index (χ3n) is 4.92. The molecule has 2 rings (SSSR count). The van der Waals surface area contributed by atoms with E-state index in [1.165, 1.54) is 12.1 Å². The van der Waals surface area contributed by atoms with Gasteiger partial charge in [0.2, 0.25) is 5.91 Å². The Kier molecular flexibility index (Phi) is 6.54. The number of benzene rings is 1. The molecular formula is C18H25N3O5. The molecule has 8 nitrogen and oxygen atoms in total. The van der Waals surface area contributed by atoms with Gasteiger partial charge in [-0.2, -0.15) is 0 Å². The lowest BCUT2D eigenvalue weighted by Crippen LogP contribution is -2.55. The standard InChI is InChI=1S/C18H25N3O5/c1-18(11-3-2-5-15(18)17(23)24)20-16(22)6-4-12-19-13-7-9-14(10-8-13)21(25)26/h7-10,15,19H,2-6,11-12H2,1H3,(H,20,22)(H,23,24). The zero-order chi connectivity index (χ0) is 19.2. The number of hydrogen-bond donors (Lipinski definition) is 3. The minimum absolute atomic E-state index is 0.0311. The highest BCUT2D eigenvalue weighted by atomic mass is 16.6. The van der Waals surface area contributed by atoms with Crippen LogP contribution >= 0.6 is 0 Å². The van der Waals surface area contributed by atoms with E-state index in [0.717, 1.165) is 18.5 Å². The minimum atomic E-state index is -0.854. The number of hydrogen-bond acceptors (Lipinski definition) is 5. The van der Waals surface area contributed by atoms with Gasteiger partial charge >= 0.3 is 5.97 Å². The maximum Gasteiger partial charge on any atom is 0.308 e. The molecule has 1 aromatic rings. The van der Waals surface area contributed by atoms with E-state index < -0.39 is 22.3 Å². The second kappa shape index (κ2) is 8.64. The molecule has 0 radical (unpaired) electrons. The van der Waals surface area contributed by atoms with Crippen molar-refractivity contribution in [1.82, 2.24) is 5.32 Å². The first-order valence-corrected chi connectivity index (χ1v) is 8.84. The number of nitro benzene ring substituents is 1. The lowest BCUT2D eigenvalue weighted by molar-refractivity contribution is -0.384. The van der Waals surface area contributed by atoms with Crippen LogP contribution in [0.3, 0.4) is 0 Å². The van der Waals surface area contributed by atoms with Crippen LogP contribution in [0.1, 0.15) is 45.4 Å². The average molecular weight is 363 g/mol. The molecule has 3 N–H and O–H groups in total. The van der Waals surface area contributed by atoms with Crippen LogP contribution in [0, 0.1) is 16.0 Å². The molecule has 2 unspecified atom stereocenters. The maximum absolute atomic E-state index is 12.2. The highest BCUT2D eigenvalue weighted by Crippen LogP contribution is 2.33. The number of nitro groups is 1. The van der Waals surface area contributed by atoms with Crippen molar-refractivity contribution in [2.75, 3.05) is 11.9 Å². The number of carboxylic acids is 1. The van der Waals surface area contributed by atoms with Gasteiger partial charge in [-0.05, 0) is 38.3 Å². The summed E-state index contributed by atoms with van der Waals surface area (Å²) in [6.45, 7) is 2.36. The molecule has 142 valence electrons. The first kappa shape index (κ1) is 19.7. The minimum Gasteiger partial charge on any atom is -0.481 e. The number of carboxylic acid groups (broad SMARTS) is 1. The Morgan fingerprint density at radius 1 is 1.31 bits per heavy atom. The molecule has 0 heterocycles. The van der Waals surface area contributed by atoms with Crippen LogP contribution in [-0.2, 0) is 9.59 Å². The Morgan fingerprint density at radius 2 is 2.00 bits per heavy atom. The molecule has 8 heteroatoms. The van der Waals surface area contributed by atoms with E-state index in [1.807, 2.05) is 6.92 Å². The van der Waals surface area contributed by atoms with Gasteiger partial charge in [0.15, 0.2) is 0 Å². The monoisotopic (exact) mass is 363 g/mol. The first-order chi connectivity index (χ1) is 12.3. The SMILES string of the molecule is CC1(NC(=O)CCCNc2ccc([N+](=O)[O-])cc2)CCCCC1C(=O)O. The van der Waals surface area contributed by atoms with E-state index in [0.29, 0.717) is 32.2 Å². The van der Waals surface area contributed by atoms with Gasteiger partial charge in [-0.3, -0.25) is 19.7 Å². The van der Waals surface area contributed by atoms with E-state index in [-0.39, 0.29) is 11.6 Å². The van der Waals surface area contributed by atoms with Gasteiger partial charge in [0.05, 0.1) is 16.4 Å². The number of carbonyl (C=O) groups is 2. The zero-order valence-electron chi connectivity index (χ0n) is 14.9. The number of anilines is 1. The third kappa shape index (κ3) is 5.18. The second-order valence-corrected chi connectivity index (χ2v) is 6.94. The van der Waals surface area contributed by atoms with Gasteiger partial charge in [0.1, 0.15) is 0 Å². The third-order valence-corrected chi connectivity index (χ3v) is 4.92. The fraction of sp³-hybridized carbons (Fsp3) is 0.556. The highest BCUT2D eigenvalue weighted by molar-refractivity contribution is 5.79. The number of non-ortho nitro benzene ring substituents is 1. The summed E-state index contributed by atoms with van der Waals surface area (Å²) in [4.78, 5) is 33.8. The molecule has 0 aliphatic heterocycles. The molecule has 0 spiro atoms. The van der Waals surface area contributed by atoms with Crippen molar-refractivity contribution in [3.8, 4) is 0 Å². The maximum atomic E-state index is 12.2. The summed E-state index contributed by atoms with van der Waals surface area (Å²) >= 11 is 0. The predicted molar refractivity (Wildman–Crippen MR) is 97.0 cm³/mol. The number of aliphatic carboxylic acids is 1. The predicted octanol–water partition coefficient (Wildman–Crippen LogP) is 2.94. The van der Waals surface area contributed by atoms with Gasteiger partial charge in [0.25, 0.3) is 5.69 Å². The van der Waals surface area contributed by atoms with Crippen molar-refractivity contribution in [2.24, 2.45) is 5.92 Å². The molecule has 1 fully saturated rings. The summed E-state index contributed by atoms with van der Waals surface area (Å²) in [6, 6.07) is 6.09. The lowest BCUT2D eigenvalue weighted by atomic mass is 9.74. The number of nitrogens with one attached hydrogen (secondary N) is 2. The largest absolute Gasteiger partial charge is 0.481 e. The molecule has 1 amide bonds. The molecule has 2 atom stereocenters. The van der Waals surface area contributed by atoms with Gasteiger partial charge in [-0.25, -0.2) is 0 Å². The fourth-order valence-corrected chi connectivity index (χ4v) is 3.44. The van der Waals surface area contributed by atoms with Gasteiger partial charge < -0.3 is 15.7 Å². The summed E-state index contributed by atoms with van der Waals surface area (Å²) in [5.74, 6) is -1.54. The summed E-state index contributed by atoms with van der Waals surface area (Å²) < 4.78 is 0. The van der Waals surface area contributed by atoms with Crippen molar-refractivity contribution in [3.63, 3.8) is 0 Å². The van der Waals surface area contributed by atoms with Gasteiger partial charge in [0, 0.05) is 30.8 Å². The molecule has 1 aliphatic rings. The Bertz CT molecular complexity index is 661. The number of rotatable bonds is 8. The Labute approximate surface area is 152 Å². The summed E-state index contributed by atoms with van der Waals surface area (Å²) in [6.07, 6.45) is 3.94. The van der Waals surface area contributed by atoms with Crippen LogP contribution in [0.4, 0.5) is 11.4 Å². The van der Waals surface area contributed by atoms with Crippen LogP contribution in [0.15, 0.2) is 24.3 Å². The molecular weight excluding hydrogens is 338 g/mol. The van der Waals surface area contributed by atoms with E-state index in [1.54, 1.807) is 12.1 Å². The van der Waals surface area contributed by atoms with Crippen LogP contribution in [0.5, 0.6) is 0 Å². The number of nitrogens with zero attached hydrogens (tertiary/aromatic N) is 1. The van der Waals surface area contributed by atoms with Crippen molar-refractivity contribution < 1.29 is 19.6 Å². The molecule has 1 aromatic carbocycles. The van der Waals surface area contributed by atoms with Crippen LogP contribution < -0.4 is 10.6 Å². The summed E-state index contributed by atoms with van der Waals surface area (Å²) in [5, 5.41) is 26.0. The Morgan fingerprint density at radius 3 is 2.62 bits per heavy atom. The fourth-order valence-electron chi connectivity index (χ4n) is 3.44. The Hall–Kier alpha value is -2.64. The molecule has 1 aliphatic carbocycles. The van der Waals surface area contributed by atoms with Crippen LogP contribution in [-0.4, -0.2) is 34.0 Å². The quantitative estimate of drug-likeness (QED) is 0.371. The highest BCUT2D eigenvalue weighted by Gasteiger charge is 2.41. The second-order valence-electron chi connectivity index (χ2n) is 6.94. The molecule has 0 aromatic heterocycles. The van der Waals surface area contributed by atoms with E-state index in [2.05, 4.69) is 10.6 Å². The summed E-state index contributed by atoms with van der Waals surface area (Å²) in [7, 11) is 0. The molecule has 0 bridgehead atoms. The number of carbonyl (C=O) groups excluding carboxylic acids is 1. The van der Waals surface area contributed by atoms with Crippen molar-refractivity contribution >= 4 is 23.3 Å². The van der Waals surface area contributed by atoms with E-state index >= 15 is 0 Å². The van der Waals surface area contributed by atoms with Crippen molar-refractivity contribution in [1.29, 1.82) is 0 Å². The zero-order valence-corrected chi connectivity index (χ0v) is 14.9. The first-order valence-electron chi connectivity index (χ1n) is 8.84. The molecule has 1 saturated carbocycles. The smallest absolute Gasteiger partial charge is 0.308 e.